The lowest BCUT2D eigenvalue weighted by Gasteiger charge is -2.11. The summed E-state index contributed by atoms with van der Waals surface area (Å²) < 4.78 is 27.8. The molecule has 0 bridgehead atoms. The number of anilines is 2. The fourth-order valence-electron chi connectivity index (χ4n) is 2.46. The quantitative estimate of drug-likeness (QED) is 0.707. The summed E-state index contributed by atoms with van der Waals surface area (Å²) in [4.78, 5) is 11.9. The maximum atomic E-state index is 12.6. The van der Waals surface area contributed by atoms with Crippen molar-refractivity contribution in [3.8, 4) is 0 Å². The summed E-state index contributed by atoms with van der Waals surface area (Å²) in [6, 6.07) is 19.2. The van der Waals surface area contributed by atoms with Crippen molar-refractivity contribution in [2.75, 3.05) is 10.0 Å². The number of carbonyl (C=O) groups excluding carboxylic acids is 1. The lowest BCUT2D eigenvalue weighted by atomic mass is 10.1. The lowest BCUT2D eigenvalue weighted by molar-refractivity contribution is -0.118. The molecule has 2 N–H and O–H groups in total. The Morgan fingerprint density at radius 3 is 2.12 bits per heavy atom. The highest BCUT2D eigenvalue weighted by molar-refractivity contribution is 7.92. The van der Waals surface area contributed by atoms with Gasteiger partial charge in [-0.2, -0.15) is 0 Å². The molecule has 0 saturated carbocycles. The van der Waals surface area contributed by atoms with Gasteiger partial charge < -0.3 is 5.32 Å². The highest BCUT2D eigenvalue weighted by Crippen LogP contribution is 2.22. The van der Waals surface area contributed by atoms with Crippen LogP contribution < -0.4 is 10.0 Å². The van der Waals surface area contributed by atoms with E-state index in [0.29, 0.717) is 11.4 Å². The first kappa shape index (κ1) is 17.9. The third-order valence-electron chi connectivity index (χ3n) is 3.96. The molecule has 0 spiro atoms. The van der Waals surface area contributed by atoms with Crippen molar-refractivity contribution in [2.45, 2.75) is 18.7 Å². The molecule has 26 heavy (non-hydrogen) atoms. The van der Waals surface area contributed by atoms with E-state index >= 15 is 0 Å². The van der Waals surface area contributed by atoms with Crippen molar-refractivity contribution in [1.82, 2.24) is 0 Å². The fraction of sp³-hybridized carbons (Fsp3) is 0.150. The standard InChI is InChI=1S/C20H20N2O3S/c1-14(2)20(23)21-17-8-10-18(11-9-17)22-26(24,25)19-12-7-15-5-3-4-6-16(15)13-19/h3-14,22H,1-2H3,(H,21,23). The average Bonchev–Trinajstić information content (AvgIpc) is 2.62. The molecule has 3 rings (SSSR count). The number of amides is 1. The van der Waals surface area contributed by atoms with E-state index in [0.717, 1.165) is 10.8 Å². The summed E-state index contributed by atoms with van der Waals surface area (Å²) in [5.41, 5.74) is 1.05. The van der Waals surface area contributed by atoms with E-state index in [9.17, 15) is 13.2 Å². The Hall–Kier alpha value is -2.86. The van der Waals surface area contributed by atoms with Crippen molar-refractivity contribution in [2.24, 2.45) is 5.92 Å². The third kappa shape index (κ3) is 4.03. The Morgan fingerprint density at radius 1 is 0.846 bits per heavy atom. The van der Waals surface area contributed by atoms with Crippen LogP contribution >= 0.6 is 0 Å². The normalized spacial score (nSPS) is 11.5. The van der Waals surface area contributed by atoms with Crippen LogP contribution in [-0.2, 0) is 14.8 Å². The van der Waals surface area contributed by atoms with E-state index in [1.54, 1.807) is 56.3 Å². The predicted octanol–water partition coefficient (Wildman–Crippen LogP) is 4.24. The van der Waals surface area contributed by atoms with Crippen LogP contribution in [0.1, 0.15) is 13.8 Å². The SMILES string of the molecule is CC(C)C(=O)Nc1ccc(NS(=O)(=O)c2ccc3ccccc3c2)cc1. The molecule has 0 atom stereocenters. The molecular weight excluding hydrogens is 348 g/mol. The van der Waals surface area contributed by atoms with Gasteiger partial charge in [-0.15, -0.1) is 0 Å². The molecule has 5 nitrogen and oxygen atoms in total. The van der Waals surface area contributed by atoms with Crippen LogP contribution in [0.4, 0.5) is 11.4 Å². The van der Waals surface area contributed by atoms with E-state index in [1.807, 2.05) is 24.3 Å². The van der Waals surface area contributed by atoms with Gasteiger partial charge in [-0.1, -0.05) is 44.2 Å². The van der Waals surface area contributed by atoms with Crippen LogP contribution in [-0.4, -0.2) is 14.3 Å². The summed E-state index contributed by atoms with van der Waals surface area (Å²) in [7, 11) is -3.69. The minimum absolute atomic E-state index is 0.0884. The van der Waals surface area contributed by atoms with Crippen LogP contribution in [0.5, 0.6) is 0 Å². The highest BCUT2D eigenvalue weighted by atomic mass is 32.2. The molecule has 3 aromatic carbocycles. The average molecular weight is 368 g/mol. The number of hydrogen-bond acceptors (Lipinski definition) is 3. The first-order chi connectivity index (χ1) is 12.3. The van der Waals surface area contributed by atoms with Gasteiger partial charge in [-0.3, -0.25) is 9.52 Å². The van der Waals surface area contributed by atoms with E-state index in [2.05, 4.69) is 10.0 Å². The zero-order chi connectivity index (χ0) is 18.7. The number of benzene rings is 3. The molecular formula is C20H20N2O3S. The molecule has 6 heteroatoms. The first-order valence-corrected chi connectivity index (χ1v) is 9.76. The number of rotatable bonds is 5. The van der Waals surface area contributed by atoms with Crippen LogP contribution in [0.25, 0.3) is 10.8 Å². The van der Waals surface area contributed by atoms with Gasteiger partial charge in [-0.25, -0.2) is 8.42 Å². The van der Waals surface area contributed by atoms with Gasteiger partial charge in [0.2, 0.25) is 5.91 Å². The van der Waals surface area contributed by atoms with Gasteiger partial charge in [0.05, 0.1) is 4.90 Å². The van der Waals surface area contributed by atoms with Gasteiger partial charge in [0.25, 0.3) is 10.0 Å². The number of sulfonamides is 1. The number of nitrogens with one attached hydrogen (secondary N) is 2. The van der Waals surface area contributed by atoms with Crippen molar-refractivity contribution in [3.05, 3.63) is 66.7 Å². The zero-order valence-corrected chi connectivity index (χ0v) is 15.4. The minimum atomic E-state index is -3.69. The molecule has 0 aliphatic rings. The number of hydrogen-bond donors (Lipinski definition) is 2. The second kappa shape index (κ2) is 7.17. The van der Waals surface area contributed by atoms with E-state index in [-0.39, 0.29) is 16.7 Å². The Bertz CT molecular complexity index is 1040. The Labute approximate surface area is 153 Å². The monoisotopic (exact) mass is 368 g/mol. The van der Waals surface area contributed by atoms with E-state index in [4.69, 9.17) is 0 Å². The highest BCUT2D eigenvalue weighted by Gasteiger charge is 2.15. The summed E-state index contributed by atoms with van der Waals surface area (Å²) in [6.45, 7) is 3.61. The number of carbonyl (C=O) groups is 1. The molecule has 0 aliphatic heterocycles. The van der Waals surface area contributed by atoms with Crippen molar-refractivity contribution in [1.29, 1.82) is 0 Å². The second-order valence-electron chi connectivity index (χ2n) is 6.34. The molecule has 3 aromatic rings. The van der Waals surface area contributed by atoms with E-state index < -0.39 is 10.0 Å². The smallest absolute Gasteiger partial charge is 0.261 e. The zero-order valence-electron chi connectivity index (χ0n) is 14.6. The van der Waals surface area contributed by atoms with Gasteiger partial charge in [0, 0.05) is 17.3 Å². The van der Waals surface area contributed by atoms with E-state index in [1.165, 1.54) is 0 Å². The summed E-state index contributed by atoms with van der Waals surface area (Å²) in [5.74, 6) is -0.212. The minimum Gasteiger partial charge on any atom is -0.326 e. The predicted molar refractivity (Wildman–Crippen MR) is 105 cm³/mol. The Balaban J connectivity index is 1.79. The summed E-state index contributed by atoms with van der Waals surface area (Å²) >= 11 is 0. The largest absolute Gasteiger partial charge is 0.326 e. The van der Waals surface area contributed by atoms with Gasteiger partial charge in [0.1, 0.15) is 0 Å². The van der Waals surface area contributed by atoms with Gasteiger partial charge in [-0.05, 0) is 47.2 Å². The van der Waals surface area contributed by atoms with Gasteiger partial charge in [0.15, 0.2) is 0 Å². The molecule has 0 unspecified atom stereocenters. The van der Waals surface area contributed by atoms with Crippen LogP contribution in [0.3, 0.4) is 0 Å². The van der Waals surface area contributed by atoms with Crippen molar-refractivity contribution < 1.29 is 13.2 Å². The lowest BCUT2D eigenvalue weighted by Crippen LogP contribution is -2.17. The Morgan fingerprint density at radius 2 is 1.46 bits per heavy atom. The molecule has 0 saturated heterocycles. The maximum absolute atomic E-state index is 12.6. The van der Waals surface area contributed by atoms with Crippen molar-refractivity contribution >= 4 is 38.1 Å². The number of fused-ring (bicyclic) bond motifs is 1. The third-order valence-corrected chi connectivity index (χ3v) is 5.34. The fourth-order valence-corrected chi connectivity index (χ4v) is 3.55. The van der Waals surface area contributed by atoms with Crippen LogP contribution in [0, 0.1) is 5.92 Å². The second-order valence-corrected chi connectivity index (χ2v) is 8.02. The summed E-state index contributed by atoms with van der Waals surface area (Å²) in [6.07, 6.45) is 0. The molecule has 0 aromatic heterocycles. The maximum Gasteiger partial charge on any atom is 0.261 e. The molecule has 134 valence electrons. The van der Waals surface area contributed by atoms with Crippen LogP contribution in [0.15, 0.2) is 71.6 Å². The molecule has 0 heterocycles. The molecule has 0 fully saturated rings. The van der Waals surface area contributed by atoms with Gasteiger partial charge >= 0.3 is 0 Å². The Kier molecular flexibility index (Phi) is 4.95. The topological polar surface area (TPSA) is 75.3 Å². The summed E-state index contributed by atoms with van der Waals surface area (Å²) in [5, 5.41) is 4.61. The molecule has 1 amide bonds. The molecule has 0 radical (unpaired) electrons. The molecule has 0 aliphatic carbocycles. The van der Waals surface area contributed by atoms with Crippen molar-refractivity contribution in [3.63, 3.8) is 0 Å². The van der Waals surface area contributed by atoms with Crippen LogP contribution in [0.2, 0.25) is 0 Å². The first-order valence-electron chi connectivity index (χ1n) is 8.28.